The summed E-state index contributed by atoms with van der Waals surface area (Å²) in [4.78, 5) is 39.8. The molecule has 5 heteroatoms. The molecule has 1 amide bonds. The van der Waals surface area contributed by atoms with E-state index < -0.39 is 11.6 Å². The van der Waals surface area contributed by atoms with Gasteiger partial charge in [0, 0.05) is 23.6 Å². The Balaban J connectivity index is 1.63. The molecule has 0 aliphatic carbocycles. The second kappa shape index (κ2) is 9.46. The fourth-order valence-electron chi connectivity index (χ4n) is 3.92. The molecule has 164 valence electrons. The molecule has 1 heterocycles. The first-order valence-corrected chi connectivity index (χ1v) is 10.9. The van der Waals surface area contributed by atoms with Crippen LogP contribution in [0.5, 0.6) is 0 Å². The molecule has 0 saturated carbocycles. The maximum atomic E-state index is 13.1. The van der Waals surface area contributed by atoms with E-state index in [0.717, 1.165) is 12.0 Å². The summed E-state index contributed by atoms with van der Waals surface area (Å²) in [5, 5.41) is 0. The van der Waals surface area contributed by atoms with Gasteiger partial charge in [-0.25, -0.2) is 4.79 Å². The fraction of sp³-hybridized carbons (Fsp3) is 0.423. The molecule has 1 fully saturated rings. The number of ether oxygens (including phenoxy) is 1. The highest BCUT2D eigenvalue weighted by Crippen LogP contribution is 2.24. The Morgan fingerprint density at radius 2 is 1.61 bits per heavy atom. The highest BCUT2D eigenvalue weighted by atomic mass is 16.6. The second-order valence-electron chi connectivity index (χ2n) is 9.22. The van der Waals surface area contributed by atoms with Crippen molar-refractivity contribution in [3.63, 3.8) is 0 Å². The molecule has 0 unspecified atom stereocenters. The van der Waals surface area contributed by atoms with E-state index in [1.165, 1.54) is 0 Å². The van der Waals surface area contributed by atoms with Crippen LogP contribution >= 0.6 is 0 Å². The van der Waals surface area contributed by atoms with Gasteiger partial charge >= 0.3 is 5.97 Å². The van der Waals surface area contributed by atoms with Crippen molar-refractivity contribution in [3.8, 4) is 0 Å². The molecule has 0 bridgehead atoms. The van der Waals surface area contributed by atoms with E-state index in [1.807, 2.05) is 58.0 Å². The lowest BCUT2D eigenvalue weighted by molar-refractivity contribution is -0.163. The van der Waals surface area contributed by atoms with Crippen LogP contribution in [-0.2, 0) is 20.7 Å². The summed E-state index contributed by atoms with van der Waals surface area (Å²) >= 11 is 0. The number of benzene rings is 2. The molecule has 0 N–H and O–H groups in total. The zero-order valence-corrected chi connectivity index (χ0v) is 18.8. The number of hydrogen-bond donors (Lipinski definition) is 0. The van der Waals surface area contributed by atoms with Crippen molar-refractivity contribution in [1.29, 1.82) is 0 Å². The van der Waals surface area contributed by atoms with Crippen LogP contribution in [0.2, 0.25) is 0 Å². The van der Waals surface area contributed by atoms with Crippen LogP contribution in [-0.4, -0.2) is 40.7 Å². The van der Waals surface area contributed by atoms with Crippen LogP contribution in [0, 0.1) is 5.92 Å². The zero-order chi connectivity index (χ0) is 22.6. The fourth-order valence-corrected chi connectivity index (χ4v) is 3.92. The largest absolute Gasteiger partial charge is 0.458 e. The van der Waals surface area contributed by atoms with Gasteiger partial charge in [-0.1, -0.05) is 61.5 Å². The van der Waals surface area contributed by atoms with Crippen LogP contribution in [0.4, 0.5) is 0 Å². The number of hydrogen-bond acceptors (Lipinski definition) is 4. The summed E-state index contributed by atoms with van der Waals surface area (Å²) in [7, 11) is 0. The molecule has 2 atom stereocenters. The van der Waals surface area contributed by atoms with Gasteiger partial charge in [-0.2, -0.15) is 0 Å². The molecule has 0 aromatic heterocycles. The quantitative estimate of drug-likeness (QED) is 0.511. The summed E-state index contributed by atoms with van der Waals surface area (Å²) in [6.07, 6.45) is 2.00. The first-order valence-electron chi connectivity index (χ1n) is 10.9. The van der Waals surface area contributed by atoms with E-state index in [9.17, 15) is 14.4 Å². The van der Waals surface area contributed by atoms with Crippen molar-refractivity contribution < 1.29 is 19.1 Å². The van der Waals surface area contributed by atoms with E-state index in [-0.39, 0.29) is 23.6 Å². The molecule has 1 aliphatic rings. The minimum atomic E-state index is -0.570. The Kier molecular flexibility index (Phi) is 6.94. The normalized spacial score (nSPS) is 17.3. The van der Waals surface area contributed by atoms with Gasteiger partial charge in [-0.15, -0.1) is 0 Å². The van der Waals surface area contributed by atoms with Crippen LogP contribution in [0.1, 0.15) is 62.0 Å². The Hall–Kier alpha value is -2.95. The Morgan fingerprint density at radius 1 is 1.00 bits per heavy atom. The predicted molar refractivity (Wildman–Crippen MR) is 120 cm³/mol. The smallest absolute Gasteiger partial charge is 0.329 e. The lowest BCUT2D eigenvalue weighted by Gasteiger charge is -2.29. The molecule has 31 heavy (non-hydrogen) atoms. The lowest BCUT2D eigenvalue weighted by atomic mass is 9.96. The Morgan fingerprint density at radius 3 is 2.23 bits per heavy atom. The molecule has 0 radical (unpaired) electrons. The van der Waals surface area contributed by atoms with Crippen LogP contribution in [0.15, 0.2) is 54.6 Å². The van der Waals surface area contributed by atoms with Crippen molar-refractivity contribution in [1.82, 2.24) is 4.90 Å². The monoisotopic (exact) mass is 421 g/mol. The zero-order valence-electron chi connectivity index (χ0n) is 18.8. The standard InChI is InChI=1S/C26H31NO4/c1-18(24(29)27-16-8-11-22(27)25(30)31-26(2,3)4)17-19-12-14-21(15-13-19)23(28)20-9-6-5-7-10-20/h5-7,9-10,12-15,18,22H,8,11,16-17H2,1-4H3/t18-,22-/m0/s1. The van der Waals surface area contributed by atoms with Gasteiger partial charge in [0.05, 0.1) is 0 Å². The average Bonchev–Trinajstić information content (AvgIpc) is 3.23. The molecule has 0 spiro atoms. The maximum Gasteiger partial charge on any atom is 0.329 e. The van der Waals surface area contributed by atoms with E-state index in [0.29, 0.717) is 30.5 Å². The molecular weight excluding hydrogens is 390 g/mol. The summed E-state index contributed by atoms with van der Waals surface area (Å²) in [6, 6.07) is 16.1. The van der Waals surface area contributed by atoms with E-state index in [2.05, 4.69) is 0 Å². The molecule has 1 aliphatic heterocycles. The number of carbonyl (C=O) groups is 3. The van der Waals surface area contributed by atoms with Gasteiger partial charge in [0.15, 0.2) is 5.78 Å². The third-order valence-corrected chi connectivity index (χ3v) is 5.43. The minimum absolute atomic E-state index is 0.0199. The van der Waals surface area contributed by atoms with Gasteiger partial charge in [0.25, 0.3) is 0 Å². The van der Waals surface area contributed by atoms with Crippen molar-refractivity contribution in [2.45, 2.75) is 58.6 Å². The Labute approximate surface area is 184 Å². The Bertz CT molecular complexity index is 928. The van der Waals surface area contributed by atoms with Gasteiger partial charge in [-0.05, 0) is 45.6 Å². The van der Waals surface area contributed by atoms with Crippen molar-refractivity contribution in [2.24, 2.45) is 5.92 Å². The average molecular weight is 422 g/mol. The summed E-state index contributed by atoms with van der Waals surface area (Å²) in [5.41, 5.74) is 1.69. The SMILES string of the molecule is C[C@@H](Cc1ccc(C(=O)c2ccccc2)cc1)C(=O)N1CCC[C@H]1C(=O)OC(C)(C)C. The number of ketones is 1. The molecule has 5 nitrogen and oxygen atoms in total. The number of nitrogens with zero attached hydrogens (tertiary/aromatic N) is 1. The van der Waals surface area contributed by atoms with Crippen molar-refractivity contribution in [3.05, 3.63) is 71.3 Å². The van der Waals surface area contributed by atoms with E-state index >= 15 is 0 Å². The van der Waals surface area contributed by atoms with E-state index in [4.69, 9.17) is 4.74 Å². The number of rotatable bonds is 6. The molecule has 2 aromatic rings. The topological polar surface area (TPSA) is 63.7 Å². The van der Waals surface area contributed by atoms with Crippen LogP contribution in [0.25, 0.3) is 0 Å². The second-order valence-corrected chi connectivity index (χ2v) is 9.22. The molecule has 3 rings (SSSR count). The number of amides is 1. The minimum Gasteiger partial charge on any atom is -0.458 e. The van der Waals surface area contributed by atoms with Gasteiger partial charge in [-0.3, -0.25) is 9.59 Å². The van der Waals surface area contributed by atoms with E-state index in [1.54, 1.807) is 29.2 Å². The first-order chi connectivity index (χ1) is 14.7. The third kappa shape index (κ3) is 5.81. The summed E-state index contributed by atoms with van der Waals surface area (Å²) in [5.74, 6) is -0.639. The van der Waals surface area contributed by atoms with Crippen molar-refractivity contribution >= 4 is 17.7 Å². The molecule has 1 saturated heterocycles. The van der Waals surface area contributed by atoms with Gasteiger partial charge in [0.2, 0.25) is 5.91 Å². The highest BCUT2D eigenvalue weighted by molar-refractivity contribution is 6.08. The van der Waals surface area contributed by atoms with Crippen molar-refractivity contribution in [2.75, 3.05) is 6.54 Å². The van der Waals surface area contributed by atoms with Gasteiger partial charge in [0.1, 0.15) is 11.6 Å². The summed E-state index contributed by atoms with van der Waals surface area (Å²) in [6.45, 7) is 7.97. The van der Waals surface area contributed by atoms with Crippen LogP contribution < -0.4 is 0 Å². The highest BCUT2D eigenvalue weighted by Gasteiger charge is 2.38. The van der Waals surface area contributed by atoms with Gasteiger partial charge < -0.3 is 9.64 Å². The third-order valence-electron chi connectivity index (χ3n) is 5.43. The number of carbonyl (C=O) groups excluding carboxylic acids is 3. The first kappa shape index (κ1) is 22.7. The molecular formula is C26H31NO4. The molecule has 2 aromatic carbocycles. The predicted octanol–water partition coefficient (Wildman–Crippen LogP) is 4.43. The summed E-state index contributed by atoms with van der Waals surface area (Å²) < 4.78 is 5.51. The number of esters is 1. The lowest BCUT2D eigenvalue weighted by Crippen LogP contribution is -2.45. The number of likely N-dealkylation sites (tertiary alicyclic amines) is 1. The van der Waals surface area contributed by atoms with Crippen LogP contribution in [0.3, 0.4) is 0 Å². The maximum absolute atomic E-state index is 13.1.